The number of piperidine rings is 2. The van der Waals surface area contributed by atoms with Crippen LogP contribution < -0.4 is 0 Å². The highest BCUT2D eigenvalue weighted by molar-refractivity contribution is 5.83. The molecule has 2 aliphatic heterocycles. The molecule has 0 bridgehead atoms. The molecular formula is C19H32N2O5. The van der Waals surface area contributed by atoms with Crippen LogP contribution >= 0.6 is 0 Å². The van der Waals surface area contributed by atoms with Gasteiger partial charge in [0.1, 0.15) is 5.60 Å². The molecule has 2 fully saturated rings. The van der Waals surface area contributed by atoms with Crippen molar-refractivity contribution in [3.8, 4) is 0 Å². The highest BCUT2D eigenvalue weighted by Gasteiger charge is 2.31. The summed E-state index contributed by atoms with van der Waals surface area (Å²) in [4.78, 5) is 39.0. The van der Waals surface area contributed by atoms with E-state index in [2.05, 4.69) is 0 Å². The molecule has 7 heteroatoms. The topological polar surface area (TPSA) is 87.2 Å². The number of carboxylic acid groups (broad SMARTS) is 1. The number of carbonyl (C=O) groups excluding carboxylic acids is 2. The Labute approximate surface area is 155 Å². The number of hydrogen-bond acceptors (Lipinski definition) is 4. The minimum absolute atomic E-state index is 0.00941. The van der Waals surface area contributed by atoms with Crippen LogP contribution in [0.2, 0.25) is 0 Å². The van der Waals surface area contributed by atoms with Crippen LogP contribution in [0.3, 0.4) is 0 Å². The normalized spacial score (nSPS) is 22.4. The molecule has 2 rings (SSSR count). The van der Waals surface area contributed by atoms with Crippen molar-refractivity contribution in [3.05, 3.63) is 0 Å². The third-order valence-corrected chi connectivity index (χ3v) is 5.14. The second-order valence-corrected chi connectivity index (χ2v) is 8.46. The van der Waals surface area contributed by atoms with Crippen molar-refractivity contribution in [1.29, 1.82) is 0 Å². The predicted octanol–water partition coefficient (Wildman–Crippen LogP) is 2.74. The lowest BCUT2D eigenvalue weighted by atomic mass is 9.91. The van der Waals surface area contributed by atoms with E-state index in [9.17, 15) is 14.4 Å². The van der Waals surface area contributed by atoms with Crippen LogP contribution in [0.15, 0.2) is 0 Å². The highest BCUT2D eigenvalue weighted by atomic mass is 16.6. The van der Waals surface area contributed by atoms with Crippen LogP contribution in [-0.4, -0.2) is 64.7 Å². The van der Waals surface area contributed by atoms with Crippen molar-refractivity contribution in [2.45, 2.75) is 64.9 Å². The number of nitrogens with zero attached hydrogens (tertiary/aromatic N) is 2. The summed E-state index contributed by atoms with van der Waals surface area (Å²) in [6.07, 6.45) is 3.98. The van der Waals surface area contributed by atoms with Crippen LogP contribution in [0, 0.1) is 11.8 Å². The Morgan fingerprint density at radius 3 is 2.38 bits per heavy atom. The van der Waals surface area contributed by atoms with E-state index < -0.39 is 11.6 Å². The van der Waals surface area contributed by atoms with Crippen molar-refractivity contribution in [2.75, 3.05) is 26.2 Å². The molecule has 0 aromatic carbocycles. The molecule has 0 aromatic heterocycles. The average Bonchev–Trinajstić information content (AvgIpc) is 2.54. The van der Waals surface area contributed by atoms with Gasteiger partial charge in [-0.3, -0.25) is 9.59 Å². The molecule has 0 spiro atoms. The third kappa shape index (κ3) is 6.18. The lowest BCUT2D eigenvalue weighted by molar-refractivity contribution is -0.146. The van der Waals surface area contributed by atoms with Gasteiger partial charge in [0.25, 0.3) is 0 Å². The Bertz CT molecular complexity index is 521. The molecule has 0 unspecified atom stereocenters. The molecule has 1 N–H and O–H groups in total. The second kappa shape index (κ2) is 8.73. The van der Waals surface area contributed by atoms with Crippen molar-refractivity contribution < 1.29 is 24.2 Å². The first-order chi connectivity index (χ1) is 12.2. The summed E-state index contributed by atoms with van der Waals surface area (Å²) in [7, 11) is 0. The van der Waals surface area contributed by atoms with E-state index in [1.54, 1.807) is 4.90 Å². The van der Waals surface area contributed by atoms with E-state index in [1.165, 1.54) is 0 Å². The molecule has 7 nitrogen and oxygen atoms in total. The quantitative estimate of drug-likeness (QED) is 0.806. The Morgan fingerprint density at radius 1 is 1.15 bits per heavy atom. The smallest absolute Gasteiger partial charge is 0.410 e. The van der Waals surface area contributed by atoms with Crippen LogP contribution in [0.25, 0.3) is 0 Å². The zero-order valence-electron chi connectivity index (χ0n) is 16.2. The third-order valence-electron chi connectivity index (χ3n) is 5.14. The van der Waals surface area contributed by atoms with Crippen molar-refractivity contribution in [3.63, 3.8) is 0 Å². The van der Waals surface area contributed by atoms with Crippen molar-refractivity contribution in [2.24, 2.45) is 11.8 Å². The zero-order chi connectivity index (χ0) is 19.3. The maximum atomic E-state index is 12.4. The van der Waals surface area contributed by atoms with Gasteiger partial charge in [-0.05, 0) is 58.8 Å². The van der Waals surface area contributed by atoms with Gasteiger partial charge >= 0.3 is 12.1 Å². The summed E-state index contributed by atoms with van der Waals surface area (Å²) in [6, 6.07) is 0. The van der Waals surface area contributed by atoms with Gasteiger partial charge in [0.2, 0.25) is 5.91 Å². The molecule has 0 radical (unpaired) electrons. The van der Waals surface area contributed by atoms with Gasteiger partial charge in [-0.15, -0.1) is 0 Å². The SMILES string of the molecule is CC(C)(C)OC(=O)N1CCC(CCN2CCC[C@H](CC(=O)O)C2=O)CC1. The number of rotatable bonds is 5. The number of ether oxygens (including phenoxy) is 1. The van der Waals surface area contributed by atoms with Gasteiger partial charge in [0.05, 0.1) is 6.42 Å². The molecule has 0 aliphatic carbocycles. The second-order valence-electron chi connectivity index (χ2n) is 8.46. The van der Waals surface area contributed by atoms with Gasteiger partial charge in [-0.25, -0.2) is 4.79 Å². The monoisotopic (exact) mass is 368 g/mol. The lowest BCUT2D eigenvalue weighted by Gasteiger charge is -2.36. The van der Waals surface area contributed by atoms with Crippen LogP contribution in [-0.2, 0) is 14.3 Å². The fraction of sp³-hybridized carbons (Fsp3) is 0.842. The Morgan fingerprint density at radius 2 is 1.81 bits per heavy atom. The standard InChI is InChI=1S/C19H32N2O5/c1-19(2,3)26-18(25)21-11-7-14(8-12-21)6-10-20-9-4-5-15(17(20)24)13-16(22)23/h14-15H,4-13H2,1-3H3,(H,22,23)/t15-/m1/s1. The van der Waals surface area contributed by atoms with Gasteiger partial charge < -0.3 is 19.6 Å². The Hall–Kier alpha value is -1.79. The summed E-state index contributed by atoms with van der Waals surface area (Å²) < 4.78 is 5.41. The summed E-state index contributed by atoms with van der Waals surface area (Å²) in [6.45, 7) is 8.39. The number of hydrogen-bond donors (Lipinski definition) is 1. The number of amides is 2. The van der Waals surface area contributed by atoms with Crippen molar-refractivity contribution >= 4 is 18.0 Å². The minimum Gasteiger partial charge on any atom is -0.481 e. The maximum absolute atomic E-state index is 12.4. The fourth-order valence-electron chi connectivity index (χ4n) is 3.71. The summed E-state index contributed by atoms with van der Waals surface area (Å²) in [5, 5.41) is 8.93. The molecule has 0 aromatic rings. The molecule has 0 saturated carbocycles. The molecule has 2 saturated heterocycles. The van der Waals surface area contributed by atoms with Crippen LogP contribution in [0.4, 0.5) is 4.79 Å². The van der Waals surface area contributed by atoms with Gasteiger partial charge in [0, 0.05) is 32.1 Å². The minimum atomic E-state index is -0.903. The molecule has 148 valence electrons. The summed E-state index contributed by atoms with van der Waals surface area (Å²) in [5.74, 6) is -0.791. The van der Waals surface area contributed by atoms with E-state index in [0.29, 0.717) is 32.0 Å². The maximum Gasteiger partial charge on any atom is 0.410 e. The molecule has 26 heavy (non-hydrogen) atoms. The van der Waals surface area contributed by atoms with E-state index in [0.717, 1.165) is 32.2 Å². The highest BCUT2D eigenvalue weighted by Crippen LogP contribution is 2.25. The van der Waals surface area contributed by atoms with E-state index >= 15 is 0 Å². The fourth-order valence-corrected chi connectivity index (χ4v) is 3.71. The van der Waals surface area contributed by atoms with Gasteiger partial charge in [-0.2, -0.15) is 0 Å². The Kier molecular flexibility index (Phi) is 6.89. The van der Waals surface area contributed by atoms with Gasteiger partial charge in [-0.1, -0.05) is 0 Å². The molecular weight excluding hydrogens is 336 g/mol. The summed E-state index contributed by atoms with van der Waals surface area (Å²) in [5.41, 5.74) is -0.477. The first-order valence-corrected chi connectivity index (χ1v) is 9.64. The predicted molar refractivity (Wildman–Crippen MR) is 96.7 cm³/mol. The average molecular weight is 368 g/mol. The van der Waals surface area contributed by atoms with E-state index in [4.69, 9.17) is 9.84 Å². The van der Waals surface area contributed by atoms with Crippen molar-refractivity contribution in [1.82, 2.24) is 9.80 Å². The van der Waals surface area contributed by atoms with E-state index in [1.807, 2.05) is 25.7 Å². The molecule has 2 heterocycles. The first kappa shape index (κ1) is 20.5. The van der Waals surface area contributed by atoms with Crippen LogP contribution in [0.1, 0.15) is 59.3 Å². The van der Waals surface area contributed by atoms with Gasteiger partial charge in [0.15, 0.2) is 0 Å². The lowest BCUT2D eigenvalue weighted by Crippen LogP contribution is -2.44. The summed E-state index contributed by atoms with van der Waals surface area (Å²) >= 11 is 0. The zero-order valence-corrected chi connectivity index (χ0v) is 16.2. The Balaban J connectivity index is 1.73. The molecule has 2 amide bonds. The molecule has 1 atom stereocenters. The number of carboxylic acids is 1. The first-order valence-electron chi connectivity index (χ1n) is 9.64. The number of carbonyl (C=O) groups is 3. The molecule has 2 aliphatic rings. The van der Waals surface area contributed by atoms with Crippen LogP contribution in [0.5, 0.6) is 0 Å². The van der Waals surface area contributed by atoms with E-state index in [-0.39, 0.29) is 24.3 Å². The largest absolute Gasteiger partial charge is 0.481 e. The number of aliphatic carboxylic acids is 1. The number of likely N-dealkylation sites (tertiary alicyclic amines) is 2.